The number of hydrogen-bond donors (Lipinski definition) is 0. The molecule has 0 N–H and O–H groups in total. The SMILES string of the molecule is CN1CCN(c2ccc(Cc3ncc4cc5n(c4n3)C3(CCCCC3)CCC5=O)nc2)CC1. The van der Waals surface area contributed by atoms with Crippen molar-refractivity contribution in [3.63, 3.8) is 0 Å². The number of piperazine rings is 1. The lowest BCUT2D eigenvalue weighted by atomic mass is 9.75. The molecule has 6 rings (SSSR count). The van der Waals surface area contributed by atoms with Crippen molar-refractivity contribution in [1.29, 1.82) is 0 Å². The maximum atomic E-state index is 12.8. The summed E-state index contributed by atoms with van der Waals surface area (Å²) in [6, 6.07) is 6.28. The molecule has 0 bridgehead atoms. The van der Waals surface area contributed by atoms with E-state index in [1.165, 1.54) is 24.9 Å². The predicted octanol–water partition coefficient (Wildman–Crippen LogP) is 3.80. The van der Waals surface area contributed by atoms with Crippen LogP contribution >= 0.6 is 0 Å². The molecule has 0 aromatic carbocycles. The number of Topliss-reactive ketones (excluding diaryl/α,β-unsaturated/α-hetero) is 1. The van der Waals surface area contributed by atoms with Gasteiger partial charge in [0.05, 0.1) is 24.0 Å². The van der Waals surface area contributed by atoms with Crippen molar-refractivity contribution in [1.82, 2.24) is 24.4 Å². The molecular formula is C26H32N6O. The van der Waals surface area contributed by atoms with Crippen LogP contribution in [0.3, 0.4) is 0 Å². The molecule has 5 heterocycles. The van der Waals surface area contributed by atoms with Crippen molar-refractivity contribution in [3.05, 3.63) is 47.8 Å². The fourth-order valence-electron chi connectivity index (χ4n) is 6.00. The van der Waals surface area contributed by atoms with E-state index >= 15 is 0 Å². The number of aromatic nitrogens is 4. The molecule has 3 aliphatic rings. The Labute approximate surface area is 194 Å². The van der Waals surface area contributed by atoms with Crippen LogP contribution < -0.4 is 4.90 Å². The van der Waals surface area contributed by atoms with Crippen molar-refractivity contribution in [3.8, 4) is 0 Å². The van der Waals surface area contributed by atoms with Gasteiger partial charge in [0.2, 0.25) is 0 Å². The summed E-state index contributed by atoms with van der Waals surface area (Å²) in [6.07, 6.45) is 12.1. The van der Waals surface area contributed by atoms with E-state index in [9.17, 15) is 4.79 Å². The van der Waals surface area contributed by atoms with Crippen molar-refractivity contribution < 1.29 is 4.79 Å². The number of nitrogens with zero attached hydrogens (tertiary/aromatic N) is 6. The fourth-order valence-corrected chi connectivity index (χ4v) is 6.00. The molecule has 1 spiro atoms. The third-order valence-corrected chi connectivity index (χ3v) is 7.97. The molecule has 172 valence electrons. The predicted molar refractivity (Wildman–Crippen MR) is 129 cm³/mol. The zero-order valence-corrected chi connectivity index (χ0v) is 19.5. The molecule has 7 heteroatoms. The van der Waals surface area contributed by atoms with Gasteiger partial charge < -0.3 is 14.4 Å². The second kappa shape index (κ2) is 8.20. The first kappa shape index (κ1) is 20.8. The molecule has 33 heavy (non-hydrogen) atoms. The van der Waals surface area contributed by atoms with Crippen LogP contribution in [0.25, 0.3) is 11.0 Å². The van der Waals surface area contributed by atoms with Crippen LogP contribution in [-0.2, 0) is 12.0 Å². The van der Waals surface area contributed by atoms with Gasteiger partial charge in [0.25, 0.3) is 0 Å². The second-order valence-electron chi connectivity index (χ2n) is 10.1. The maximum absolute atomic E-state index is 12.8. The molecule has 1 saturated heterocycles. The molecule has 2 fully saturated rings. The number of fused-ring (bicyclic) bond motifs is 4. The normalized spacial score (nSPS) is 21.0. The van der Waals surface area contributed by atoms with Crippen LogP contribution in [0.5, 0.6) is 0 Å². The Hall–Kier alpha value is -2.80. The second-order valence-corrected chi connectivity index (χ2v) is 10.1. The standard InChI is InChI=1S/C26H32N6O/c1-30-11-13-31(14-12-30)21-6-5-20(27-18-21)16-24-28-17-19-15-22-23(33)7-10-26(8-3-2-4-9-26)32(22)25(19)29-24/h5-6,15,17-18H,2-4,7-14,16H2,1H3. The minimum Gasteiger partial charge on any atom is -0.368 e. The molecule has 0 amide bonds. The average molecular weight is 445 g/mol. The highest BCUT2D eigenvalue weighted by Gasteiger charge is 2.41. The fraction of sp³-hybridized carbons (Fsp3) is 0.538. The van der Waals surface area contributed by atoms with Gasteiger partial charge in [-0.2, -0.15) is 0 Å². The van der Waals surface area contributed by atoms with Gasteiger partial charge in [-0.3, -0.25) is 9.78 Å². The minimum atomic E-state index is 0.0529. The third-order valence-electron chi connectivity index (χ3n) is 7.97. The average Bonchev–Trinajstić information content (AvgIpc) is 3.24. The van der Waals surface area contributed by atoms with Crippen molar-refractivity contribution >= 4 is 22.5 Å². The topological polar surface area (TPSA) is 67.2 Å². The number of carbonyl (C=O) groups is 1. The Bertz CT molecular complexity index is 1170. The van der Waals surface area contributed by atoms with E-state index in [1.54, 1.807) is 0 Å². The molecule has 0 atom stereocenters. The Morgan fingerprint density at radius 1 is 0.970 bits per heavy atom. The smallest absolute Gasteiger partial charge is 0.179 e. The molecule has 7 nitrogen and oxygen atoms in total. The summed E-state index contributed by atoms with van der Waals surface area (Å²) in [6.45, 7) is 4.25. The quantitative estimate of drug-likeness (QED) is 0.612. The summed E-state index contributed by atoms with van der Waals surface area (Å²) in [7, 11) is 2.17. The van der Waals surface area contributed by atoms with E-state index in [4.69, 9.17) is 9.97 Å². The van der Waals surface area contributed by atoms with E-state index in [1.807, 2.05) is 18.5 Å². The van der Waals surface area contributed by atoms with Gasteiger partial charge in [-0.1, -0.05) is 19.3 Å². The summed E-state index contributed by atoms with van der Waals surface area (Å²) in [4.78, 5) is 31.9. The lowest BCUT2D eigenvalue weighted by Crippen LogP contribution is -2.44. The molecule has 0 unspecified atom stereocenters. The van der Waals surface area contributed by atoms with Gasteiger partial charge >= 0.3 is 0 Å². The highest BCUT2D eigenvalue weighted by molar-refractivity contribution is 6.00. The van der Waals surface area contributed by atoms with Crippen LogP contribution in [0.1, 0.15) is 67.0 Å². The zero-order valence-electron chi connectivity index (χ0n) is 19.5. The number of anilines is 1. The van der Waals surface area contributed by atoms with Gasteiger partial charge in [0.15, 0.2) is 5.78 Å². The molecule has 0 radical (unpaired) electrons. The van der Waals surface area contributed by atoms with Gasteiger partial charge in [0, 0.05) is 55.4 Å². The van der Waals surface area contributed by atoms with Gasteiger partial charge in [0.1, 0.15) is 11.5 Å². The van der Waals surface area contributed by atoms with Crippen LogP contribution in [0.15, 0.2) is 30.6 Å². The molecule has 2 aliphatic heterocycles. The number of ketones is 1. The van der Waals surface area contributed by atoms with Gasteiger partial charge in [-0.25, -0.2) is 9.97 Å². The summed E-state index contributed by atoms with van der Waals surface area (Å²) in [5.41, 5.74) is 3.97. The largest absolute Gasteiger partial charge is 0.368 e. The lowest BCUT2D eigenvalue weighted by molar-refractivity contribution is 0.0852. The van der Waals surface area contributed by atoms with Crippen molar-refractivity contribution in [2.24, 2.45) is 0 Å². The number of carbonyl (C=O) groups excluding carboxylic acids is 1. The number of pyridine rings is 1. The summed E-state index contributed by atoms with van der Waals surface area (Å²) in [5.74, 6) is 1.01. The van der Waals surface area contributed by atoms with E-state index in [0.29, 0.717) is 12.8 Å². The van der Waals surface area contributed by atoms with E-state index in [0.717, 1.165) is 73.7 Å². The Morgan fingerprint density at radius 3 is 2.55 bits per heavy atom. The summed E-state index contributed by atoms with van der Waals surface area (Å²) in [5, 5.41) is 0.979. The van der Waals surface area contributed by atoms with Crippen LogP contribution in [0.2, 0.25) is 0 Å². The third kappa shape index (κ3) is 3.72. The number of likely N-dealkylation sites (N-methyl/N-ethyl adjacent to an activating group) is 1. The Balaban J connectivity index is 1.29. The van der Waals surface area contributed by atoms with Gasteiger partial charge in [-0.05, 0) is 44.5 Å². The Morgan fingerprint density at radius 2 is 1.79 bits per heavy atom. The zero-order chi connectivity index (χ0) is 22.4. The Kier molecular flexibility index (Phi) is 5.17. The van der Waals surface area contributed by atoms with Crippen LogP contribution in [0.4, 0.5) is 5.69 Å². The minimum absolute atomic E-state index is 0.0529. The lowest BCUT2D eigenvalue weighted by Gasteiger charge is -2.42. The molecule has 1 saturated carbocycles. The first-order chi connectivity index (χ1) is 16.1. The number of hydrogen-bond acceptors (Lipinski definition) is 6. The first-order valence-electron chi connectivity index (χ1n) is 12.4. The van der Waals surface area contributed by atoms with Crippen LogP contribution in [0, 0.1) is 0 Å². The van der Waals surface area contributed by atoms with E-state index in [2.05, 4.69) is 38.5 Å². The van der Waals surface area contributed by atoms with Crippen molar-refractivity contribution in [2.75, 3.05) is 38.1 Å². The summed E-state index contributed by atoms with van der Waals surface area (Å²) < 4.78 is 2.29. The molecule has 3 aromatic rings. The maximum Gasteiger partial charge on any atom is 0.179 e. The number of rotatable bonds is 3. The van der Waals surface area contributed by atoms with Gasteiger partial charge in [-0.15, -0.1) is 0 Å². The first-order valence-corrected chi connectivity index (χ1v) is 12.4. The molecular weight excluding hydrogens is 412 g/mol. The summed E-state index contributed by atoms with van der Waals surface area (Å²) >= 11 is 0. The van der Waals surface area contributed by atoms with E-state index in [-0.39, 0.29) is 11.3 Å². The highest BCUT2D eigenvalue weighted by Crippen LogP contribution is 2.45. The molecule has 1 aliphatic carbocycles. The molecule has 3 aromatic heterocycles. The van der Waals surface area contributed by atoms with Crippen LogP contribution in [-0.4, -0.2) is 63.4 Å². The highest BCUT2D eigenvalue weighted by atomic mass is 16.1. The van der Waals surface area contributed by atoms with Crippen molar-refractivity contribution in [2.45, 2.75) is 56.9 Å². The monoisotopic (exact) mass is 444 g/mol. The van der Waals surface area contributed by atoms with E-state index < -0.39 is 0 Å².